The second kappa shape index (κ2) is 5.58. The van der Waals surface area contributed by atoms with Crippen molar-refractivity contribution in [3.63, 3.8) is 0 Å². The summed E-state index contributed by atoms with van der Waals surface area (Å²) in [5.74, 6) is -1.12. The molecule has 0 atom stereocenters. The van der Waals surface area contributed by atoms with Gasteiger partial charge >= 0.3 is 0 Å². The maximum Gasteiger partial charge on any atom is 0.300 e. The van der Waals surface area contributed by atoms with Crippen LogP contribution in [0.2, 0.25) is 0 Å². The van der Waals surface area contributed by atoms with Crippen LogP contribution in [0.5, 0.6) is 0 Å². The van der Waals surface area contributed by atoms with Gasteiger partial charge in [-0.25, -0.2) is 13.1 Å². The number of halogens is 1. The Morgan fingerprint density at radius 2 is 1.84 bits per heavy atom. The quantitative estimate of drug-likeness (QED) is 0.923. The first-order valence-corrected chi connectivity index (χ1v) is 7.75. The lowest BCUT2D eigenvalue weighted by Crippen LogP contribution is -2.31. The van der Waals surface area contributed by atoms with Gasteiger partial charge in [-0.1, -0.05) is 30.3 Å². The number of amides is 1. The van der Waals surface area contributed by atoms with Crippen molar-refractivity contribution < 1.29 is 17.6 Å². The summed E-state index contributed by atoms with van der Waals surface area (Å²) in [6.45, 7) is 0. The van der Waals surface area contributed by atoms with Gasteiger partial charge in [0, 0.05) is 0 Å². The smallest absolute Gasteiger partial charge is 0.300 e. The number of carbonyl (C=O) groups excluding carboxylic acids is 1. The normalized spacial score (nSPS) is 11.2. The molecule has 1 aromatic carbocycles. The zero-order valence-corrected chi connectivity index (χ0v) is 12.1. The third-order valence-corrected chi connectivity index (χ3v) is 3.88. The van der Waals surface area contributed by atoms with Gasteiger partial charge in [-0.2, -0.15) is 0 Å². The predicted octanol–water partition coefficient (Wildman–Crippen LogP) is 2.30. The largest absolute Gasteiger partial charge is 0.444 e. The summed E-state index contributed by atoms with van der Waals surface area (Å²) >= 11 is 3.04. The van der Waals surface area contributed by atoms with Crippen molar-refractivity contribution in [3.05, 3.63) is 58.5 Å². The average Bonchev–Trinajstić information content (AvgIpc) is 2.76. The minimum Gasteiger partial charge on any atom is -0.444 e. The molecule has 0 aliphatic heterocycles. The van der Waals surface area contributed by atoms with E-state index in [2.05, 4.69) is 15.9 Å². The van der Waals surface area contributed by atoms with Crippen molar-refractivity contribution in [3.8, 4) is 0 Å². The summed E-state index contributed by atoms with van der Waals surface area (Å²) in [5.41, 5.74) is 0.600. The van der Waals surface area contributed by atoms with Crippen molar-refractivity contribution in [1.29, 1.82) is 0 Å². The number of rotatable bonds is 4. The van der Waals surface area contributed by atoms with Crippen LogP contribution in [0.3, 0.4) is 0 Å². The zero-order chi connectivity index (χ0) is 13.9. The fraction of sp³-hybridized carbons (Fsp3) is 0.0833. The highest BCUT2D eigenvalue weighted by Gasteiger charge is 2.19. The SMILES string of the molecule is O=C(NS(=O)(=O)Cc1ccccc1)c1ccc(Br)o1. The summed E-state index contributed by atoms with van der Waals surface area (Å²) in [7, 11) is -3.75. The molecule has 7 heteroatoms. The molecule has 1 amide bonds. The van der Waals surface area contributed by atoms with Gasteiger partial charge in [0.2, 0.25) is 10.0 Å². The number of furan rings is 1. The molecule has 1 heterocycles. The van der Waals surface area contributed by atoms with Gasteiger partial charge in [-0.15, -0.1) is 0 Å². The molecule has 0 unspecified atom stereocenters. The molecule has 0 bridgehead atoms. The Balaban J connectivity index is 2.07. The molecular weight excluding hydrogens is 334 g/mol. The van der Waals surface area contributed by atoms with Crippen molar-refractivity contribution in [2.24, 2.45) is 0 Å². The molecule has 0 saturated carbocycles. The summed E-state index contributed by atoms with van der Waals surface area (Å²) in [6.07, 6.45) is 0. The molecule has 100 valence electrons. The molecule has 5 nitrogen and oxygen atoms in total. The zero-order valence-electron chi connectivity index (χ0n) is 9.67. The van der Waals surface area contributed by atoms with E-state index in [4.69, 9.17) is 4.42 Å². The van der Waals surface area contributed by atoms with Gasteiger partial charge in [0.25, 0.3) is 5.91 Å². The third-order valence-electron chi connectivity index (χ3n) is 2.24. The first-order valence-electron chi connectivity index (χ1n) is 5.30. The Labute approximate surface area is 118 Å². The van der Waals surface area contributed by atoms with Crippen LogP contribution in [0.1, 0.15) is 16.1 Å². The van der Waals surface area contributed by atoms with E-state index >= 15 is 0 Å². The van der Waals surface area contributed by atoms with E-state index in [0.29, 0.717) is 10.2 Å². The fourth-order valence-electron chi connectivity index (χ4n) is 1.46. The van der Waals surface area contributed by atoms with E-state index in [1.807, 2.05) is 4.72 Å². The molecule has 0 saturated heterocycles. The highest BCUT2D eigenvalue weighted by molar-refractivity contribution is 9.10. The Kier molecular flexibility index (Phi) is 4.06. The van der Waals surface area contributed by atoms with E-state index < -0.39 is 15.9 Å². The number of hydrogen-bond donors (Lipinski definition) is 1. The van der Waals surface area contributed by atoms with Crippen molar-refractivity contribution in [1.82, 2.24) is 4.72 Å². The molecule has 2 rings (SSSR count). The predicted molar refractivity (Wildman–Crippen MR) is 72.9 cm³/mol. The van der Waals surface area contributed by atoms with Crippen LogP contribution >= 0.6 is 15.9 Å². The minimum absolute atomic E-state index is 0.0662. The molecule has 2 aromatic rings. The van der Waals surface area contributed by atoms with Crippen molar-refractivity contribution >= 4 is 31.9 Å². The second-order valence-corrected chi connectivity index (χ2v) is 6.28. The van der Waals surface area contributed by atoms with Gasteiger partial charge in [0.05, 0.1) is 5.75 Å². The number of benzene rings is 1. The fourth-order valence-corrected chi connectivity index (χ4v) is 2.85. The minimum atomic E-state index is -3.75. The van der Waals surface area contributed by atoms with Crippen LogP contribution in [0.25, 0.3) is 0 Å². The molecular formula is C12H10BrNO4S. The second-order valence-electron chi connectivity index (χ2n) is 3.78. The number of carbonyl (C=O) groups is 1. The van der Waals surface area contributed by atoms with Gasteiger partial charge in [0.1, 0.15) is 0 Å². The molecule has 0 radical (unpaired) electrons. The lowest BCUT2D eigenvalue weighted by Gasteiger charge is -2.05. The standard InChI is InChI=1S/C12H10BrNO4S/c13-11-7-6-10(18-11)12(15)14-19(16,17)8-9-4-2-1-3-5-9/h1-7H,8H2,(H,14,15). The number of sulfonamides is 1. The first-order chi connectivity index (χ1) is 8.96. The van der Waals surface area contributed by atoms with E-state index in [9.17, 15) is 13.2 Å². The van der Waals surface area contributed by atoms with Crippen molar-refractivity contribution in [2.45, 2.75) is 5.75 Å². The van der Waals surface area contributed by atoms with Crippen LogP contribution < -0.4 is 4.72 Å². The Morgan fingerprint density at radius 3 is 2.42 bits per heavy atom. The molecule has 0 fully saturated rings. The van der Waals surface area contributed by atoms with E-state index in [1.54, 1.807) is 30.3 Å². The van der Waals surface area contributed by atoms with Gasteiger partial charge < -0.3 is 4.42 Å². The molecule has 19 heavy (non-hydrogen) atoms. The van der Waals surface area contributed by atoms with Crippen molar-refractivity contribution in [2.75, 3.05) is 0 Å². The highest BCUT2D eigenvalue weighted by Crippen LogP contribution is 2.14. The molecule has 0 aliphatic carbocycles. The summed E-state index contributed by atoms with van der Waals surface area (Å²) in [6, 6.07) is 11.5. The monoisotopic (exact) mass is 343 g/mol. The van der Waals surface area contributed by atoms with Crippen LogP contribution in [0, 0.1) is 0 Å². The van der Waals surface area contributed by atoms with Crippen LogP contribution in [-0.2, 0) is 15.8 Å². The van der Waals surface area contributed by atoms with Gasteiger partial charge in [0.15, 0.2) is 10.4 Å². The molecule has 1 aromatic heterocycles. The summed E-state index contributed by atoms with van der Waals surface area (Å²) in [4.78, 5) is 11.7. The topological polar surface area (TPSA) is 76.4 Å². The molecule has 0 spiro atoms. The Morgan fingerprint density at radius 1 is 1.16 bits per heavy atom. The van der Waals surface area contributed by atoms with Crippen LogP contribution in [0.15, 0.2) is 51.6 Å². The Hall–Kier alpha value is -1.60. The molecule has 0 aliphatic rings. The summed E-state index contributed by atoms with van der Waals surface area (Å²) < 4.78 is 30.9. The number of hydrogen-bond acceptors (Lipinski definition) is 4. The van der Waals surface area contributed by atoms with Gasteiger partial charge in [-0.05, 0) is 33.6 Å². The van der Waals surface area contributed by atoms with Crippen LogP contribution in [-0.4, -0.2) is 14.3 Å². The third kappa shape index (κ3) is 3.93. The Bertz CT molecular complexity index is 679. The van der Waals surface area contributed by atoms with E-state index in [0.717, 1.165) is 0 Å². The molecule has 1 N–H and O–H groups in total. The first kappa shape index (κ1) is 13.8. The maximum absolute atomic E-state index is 11.8. The van der Waals surface area contributed by atoms with E-state index in [-0.39, 0.29) is 11.5 Å². The highest BCUT2D eigenvalue weighted by atomic mass is 79.9. The van der Waals surface area contributed by atoms with E-state index in [1.165, 1.54) is 12.1 Å². The van der Waals surface area contributed by atoms with Crippen LogP contribution in [0.4, 0.5) is 0 Å². The maximum atomic E-state index is 11.8. The number of nitrogens with one attached hydrogen (secondary N) is 1. The lowest BCUT2D eigenvalue weighted by atomic mass is 10.2. The summed E-state index contributed by atoms with van der Waals surface area (Å²) in [5, 5.41) is 0. The van der Waals surface area contributed by atoms with Gasteiger partial charge in [-0.3, -0.25) is 4.79 Å². The average molecular weight is 344 g/mol. The lowest BCUT2D eigenvalue weighted by molar-refractivity contribution is 0.0953.